The van der Waals surface area contributed by atoms with E-state index in [1.165, 1.54) is 5.56 Å². The molecule has 1 aromatic rings. The van der Waals surface area contributed by atoms with E-state index in [-0.39, 0.29) is 0 Å². The molecule has 2 rings (SSSR count). The van der Waals surface area contributed by atoms with Gasteiger partial charge in [0.2, 0.25) is 0 Å². The summed E-state index contributed by atoms with van der Waals surface area (Å²) in [5, 5.41) is 2.29. The second-order valence-electron chi connectivity index (χ2n) is 3.48. The third-order valence-electron chi connectivity index (χ3n) is 2.43. The number of para-hydroxylation sites is 1. The van der Waals surface area contributed by atoms with Gasteiger partial charge in [-0.3, -0.25) is 0 Å². The van der Waals surface area contributed by atoms with E-state index in [0.29, 0.717) is 6.10 Å². The maximum atomic E-state index is 5.78. The second-order valence-corrected chi connectivity index (χ2v) is 3.48. The highest BCUT2D eigenvalue weighted by atomic mass is 16.5. The molecule has 1 aliphatic rings. The molecular weight excluding hydrogens is 162 g/mol. The Morgan fingerprint density at radius 3 is 3.08 bits per heavy atom. The molecule has 0 fully saturated rings. The van der Waals surface area contributed by atoms with Crippen LogP contribution in [0.25, 0.3) is 0 Å². The lowest BCUT2D eigenvalue weighted by Crippen LogP contribution is -2.86. The van der Waals surface area contributed by atoms with Gasteiger partial charge in [-0.05, 0) is 18.6 Å². The van der Waals surface area contributed by atoms with Gasteiger partial charge in [-0.15, -0.1) is 0 Å². The number of rotatable bonds is 3. The highest BCUT2D eigenvalue weighted by Crippen LogP contribution is 2.27. The molecule has 2 nitrogen and oxygen atoms in total. The molecule has 0 saturated carbocycles. The number of hydrogen-bond donors (Lipinski definition) is 1. The molecule has 0 amide bonds. The molecule has 1 aromatic carbocycles. The smallest absolute Gasteiger partial charge is 0.151 e. The van der Waals surface area contributed by atoms with E-state index in [9.17, 15) is 0 Å². The van der Waals surface area contributed by atoms with Gasteiger partial charge in [-0.2, -0.15) is 0 Å². The Bertz CT molecular complexity index is 260. The van der Waals surface area contributed by atoms with Crippen molar-refractivity contribution in [1.82, 2.24) is 0 Å². The molecule has 2 heteroatoms. The average molecular weight is 178 g/mol. The summed E-state index contributed by atoms with van der Waals surface area (Å²) in [5.74, 6) is 1.08. The van der Waals surface area contributed by atoms with Crippen LogP contribution in [-0.4, -0.2) is 19.2 Å². The minimum Gasteiger partial charge on any atom is -0.484 e. The van der Waals surface area contributed by atoms with Crippen LogP contribution in [0.15, 0.2) is 24.3 Å². The first-order valence-corrected chi connectivity index (χ1v) is 4.96. The molecule has 1 atom stereocenters. The summed E-state index contributed by atoms with van der Waals surface area (Å²) in [6, 6.07) is 8.32. The second kappa shape index (κ2) is 3.79. The summed E-state index contributed by atoms with van der Waals surface area (Å²) < 4.78 is 5.78. The first-order valence-electron chi connectivity index (χ1n) is 4.96. The van der Waals surface area contributed by atoms with E-state index in [2.05, 4.69) is 30.4 Å². The van der Waals surface area contributed by atoms with Crippen molar-refractivity contribution in [3.05, 3.63) is 29.8 Å². The maximum Gasteiger partial charge on any atom is 0.151 e. The quantitative estimate of drug-likeness (QED) is 0.719. The zero-order chi connectivity index (χ0) is 9.10. The van der Waals surface area contributed by atoms with Crippen molar-refractivity contribution in [2.75, 3.05) is 13.1 Å². The van der Waals surface area contributed by atoms with Gasteiger partial charge >= 0.3 is 0 Å². The van der Waals surface area contributed by atoms with Crippen molar-refractivity contribution in [2.45, 2.75) is 19.4 Å². The molecule has 1 aliphatic heterocycles. The van der Waals surface area contributed by atoms with Gasteiger partial charge in [0, 0.05) is 6.42 Å². The number of likely N-dealkylation sites (N-methyl/N-ethyl adjacent to an activating group) is 1. The summed E-state index contributed by atoms with van der Waals surface area (Å²) in [6.45, 7) is 4.38. The van der Waals surface area contributed by atoms with Gasteiger partial charge in [-0.1, -0.05) is 18.2 Å². The monoisotopic (exact) mass is 178 g/mol. The maximum absolute atomic E-state index is 5.78. The number of quaternary nitrogens is 1. The number of hydrogen-bond acceptors (Lipinski definition) is 1. The van der Waals surface area contributed by atoms with E-state index >= 15 is 0 Å². The van der Waals surface area contributed by atoms with Crippen LogP contribution in [-0.2, 0) is 6.42 Å². The SMILES string of the molecule is CC[NH2+]C[C@H]1Cc2ccccc2O1. The fourth-order valence-electron chi connectivity index (χ4n) is 1.74. The molecule has 0 aromatic heterocycles. The van der Waals surface area contributed by atoms with Gasteiger partial charge in [0.05, 0.1) is 6.54 Å². The molecule has 2 N–H and O–H groups in total. The van der Waals surface area contributed by atoms with Crippen LogP contribution < -0.4 is 10.1 Å². The first kappa shape index (κ1) is 8.57. The summed E-state index contributed by atoms with van der Waals surface area (Å²) in [4.78, 5) is 0. The Kier molecular flexibility index (Phi) is 2.50. The Labute approximate surface area is 78.9 Å². The summed E-state index contributed by atoms with van der Waals surface area (Å²) in [6.07, 6.45) is 1.46. The van der Waals surface area contributed by atoms with Gasteiger partial charge in [0.25, 0.3) is 0 Å². The normalized spacial score (nSPS) is 19.6. The Balaban J connectivity index is 1.97. The fourth-order valence-corrected chi connectivity index (χ4v) is 1.74. The van der Waals surface area contributed by atoms with Crippen molar-refractivity contribution in [3.8, 4) is 5.75 Å². The van der Waals surface area contributed by atoms with E-state index in [0.717, 1.165) is 25.3 Å². The number of nitrogens with two attached hydrogens (primary N) is 1. The molecule has 1 heterocycles. The van der Waals surface area contributed by atoms with Crippen LogP contribution in [0.5, 0.6) is 5.75 Å². The van der Waals surface area contributed by atoms with E-state index in [4.69, 9.17) is 4.74 Å². The zero-order valence-electron chi connectivity index (χ0n) is 7.99. The zero-order valence-corrected chi connectivity index (χ0v) is 7.99. The third kappa shape index (κ3) is 1.83. The van der Waals surface area contributed by atoms with Crippen molar-refractivity contribution in [1.29, 1.82) is 0 Å². The van der Waals surface area contributed by atoms with Crippen molar-refractivity contribution < 1.29 is 10.1 Å². The van der Waals surface area contributed by atoms with Crippen molar-refractivity contribution >= 4 is 0 Å². The lowest BCUT2D eigenvalue weighted by atomic mass is 10.1. The van der Waals surface area contributed by atoms with Crippen LogP contribution in [0, 0.1) is 0 Å². The molecule has 70 valence electrons. The van der Waals surface area contributed by atoms with Gasteiger partial charge < -0.3 is 10.1 Å². The topological polar surface area (TPSA) is 25.8 Å². The van der Waals surface area contributed by atoms with Crippen LogP contribution in [0.2, 0.25) is 0 Å². The van der Waals surface area contributed by atoms with Crippen LogP contribution in [0.4, 0.5) is 0 Å². The predicted molar refractivity (Wildman–Crippen MR) is 51.9 cm³/mol. The summed E-state index contributed by atoms with van der Waals surface area (Å²) in [7, 11) is 0. The molecule has 0 bridgehead atoms. The van der Waals surface area contributed by atoms with Gasteiger partial charge in [-0.25, -0.2) is 0 Å². The summed E-state index contributed by atoms with van der Waals surface area (Å²) in [5.41, 5.74) is 1.36. The summed E-state index contributed by atoms with van der Waals surface area (Å²) >= 11 is 0. The highest BCUT2D eigenvalue weighted by Gasteiger charge is 2.22. The standard InChI is InChI=1S/C11H15NO/c1-2-12-8-10-7-9-5-3-4-6-11(9)13-10/h3-6,10,12H,2,7-8H2,1H3/p+1/t10-/m1/s1. The molecule has 0 unspecified atom stereocenters. The fraction of sp³-hybridized carbons (Fsp3) is 0.455. The molecule has 0 radical (unpaired) electrons. The van der Waals surface area contributed by atoms with Crippen LogP contribution in [0.1, 0.15) is 12.5 Å². The van der Waals surface area contributed by atoms with Gasteiger partial charge in [0.1, 0.15) is 12.3 Å². The third-order valence-corrected chi connectivity index (χ3v) is 2.43. The van der Waals surface area contributed by atoms with Gasteiger partial charge in [0.15, 0.2) is 6.10 Å². The van der Waals surface area contributed by atoms with Crippen LogP contribution in [0.3, 0.4) is 0 Å². The van der Waals surface area contributed by atoms with E-state index in [1.807, 2.05) is 6.07 Å². The minimum atomic E-state index is 0.386. The Morgan fingerprint density at radius 2 is 2.31 bits per heavy atom. The molecule has 0 aliphatic carbocycles. The lowest BCUT2D eigenvalue weighted by molar-refractivity contribution is -0.656. The highest BCUT2D eigenvalue weighted by molar-refractivity contribution is 5.37. The average Bonchev–Trinajstić information content (AvgIpc) is 2.57. The Hall–Kier alpha value is -1.02. The van der Waals surface area contributed by atoms with Crippen LogP contribution >= 0.6 is 0 Å². The first-order chi connectivity index (χ1) is 6.40. The van der Waals surface area contributed by atoms with Crippen molar-refractivity contribution in [2.24, 2.45) is 0 Å². The number of ether oxygens (including phenoxy) is 1. The number of fused-ring (bicyclic) bond motifs is 1. The molecule has 13 heavy (non-hydrogen) atoms. The molecule has 0 spiro atoms. The minimum absolute atomic E-state index is 0.386. The van der Waals surface area contributed by atoms with E-state index < -0.39 is 0 Å². The lowest BCUT2D eigenvalue weighted by Gasteiger charge is -2.07. The molecular formula is C11H16NO+. The molecule has 0 saturated heterocycles. The predicted octanol–water partition coefficient (Wildman–Crippen LogP) is 0.573. The number of benzene rings is 1. The van der Waals surface area contributed by atoms with Crippen molar-refractivity contribution in [3.63, 3.8) is 0 Å². The van der Waals surface area contributed by atoms with E-state index in [1.54, 1.807) is 0 Å². The largest absolute Gasteiger partial charge is 0.484 e. The Morgan fingerprint density at radius 1 is 1.46 bits per heavy atom.